The van der Waals surface area contributed by atoms with Crippen LogP contribution in [-0.4, -0.2) is 48.8 Å². The number of likely N-dealkylation sites (tertiary alicyclic amines) is 1. The fourth-order valence-corrected chi connectivity index (χ4v) is 3.89. The zero-order chi connectivity index (χ0) is 15.1. The molecule has 3 unspecified atom stereocenters. The summed E-state index contributed by atoms with van der Waals surface area (Å²) in [7, 11) is 0. The van der Waals surface area contributed by atoms with Gasteiger partial charge < -0.3 is 4.74 Å². The van der Waals surface area contributed by atoms with Crippen molar-refractivity contribution in [2.45, 2.75) is 76.5 Å². The quantitative estimate of drug-likeness (QED) is 0.818. The third kappa shape index (κ3) is 4.42. The SMILES string of the molecule is CCCNC1(C#N)CCCC(N2CCCC(OCC)C2)C1. The molecule has 0 bridgehead atoms. The largest absolute Gasteiger partial charge is 0.377 e. The van der Waals surface area contributed by atoms with Crippen molar-refractivity contribution in [3.05, 3.63) is 0 Å². The van der Waals surface area contributed by atoms with E-state index in [0.29, 0.717) is 12.1 Å². The molecule has 1 N–H and O–H groups in total. The molecule has 2 fully saturated rings. The Kier molecular flexibility index (Phi) is 6.47. The summed E-state index contributed by atoms with van der Waals surface area (Å²) in [5.41, 5.74) is -0.294. The molecule has 3 atom stereocenters. The number of hydrogen-bond acceptors (Lipinski definition) is 4. The second-order valence-corrected chi connectivity index (χ2v) is 6.59. The van der Waals surface area contributed by atoms with E-state index in [1.165, 1.54) is 25.8 Å². The van der Waals surface area contributed by atoms with Crippen molar-refractivity contribution in [2.24, 2.45) is 0 Å². The molecule has 0 spiro atoms. The van der Waals surface area contributed by atoms with Gasteiger partial charge in [0.25, 0.3) is 0 Å². The number of nitrogens with zero attached hydrogens (tertiary/aromatic N) is 2. The van der Waals surface area contributed by atoms with Crippen molar-refractivity contribution in [1.29, 1.82) is 5.26 Å². The average Bonchev–Trinajstić information content (AvgIpc) is 2.54. The first-order chi connectivity index (χ1) is 10.2. The topological polar surface area (TPSA) is 48.3 Å². The fraction of sp³-hybridized carbons (Fsp3) is 0.941. The minimum atomic E-state index is -0.294. The lowest BCUT2D eigenvalue weighted by atomic mass is 9.78. The molecular formula is C17H31N3O. The van der Waals surface area contributed by atoms with Crippen molar-refractivity contribution in [3.63, 3.8) is 0 Å². The number of piperidine rings is 1. The highest BCUT2D eigenvalue weighted by Gasteiger charge is 2.39. The Hall–Kier alpha value is -0.630. The van der Waals surface area contributed by atoms with Crippen LogP contribution in [0.25, 0.3) is 0 Å². The van der Waals surface area contributed by atoms with Crippen molar-refractivity contribution >= 4 is 0 Å². The Balaban J connectivity index is 1.94. The van der Waals surface area contributed by atoms with Gasteiger partial charge in [0.2, 0.25) is 0 Å². The van der Waals surface area contributed by atoms with Gasteiger partial charge in [-0.15, -0.1) is 0 Å². The maximum absolute atomic E-state index is 9.66. The zero-order valence-electron chi connectivity index (χ0n) is 13.7. The lowest BCUT2D eigenvalue weighted by Gasteiger charge is -2.44. The van der Waals surface area contributed by atoms with Crippen molar-refractivity contribution in [2.75, 3.05) is 26.2 Å². The zero-order valence-corrected chi connectivity index (χ0v) is 13.7. The summed E-state index contributed by atoms with van der Waals surface area (Å²) in [6.45, 7) is 8.22. The standard InChI is InChI=1S/C17H31N3O/c1-3-10-19-17(14-18)9-5-7-15(12-17)20-11-6-8-16(13-20)21-4-2/h15-16,19H,3-13H2,1-2H3. The third-order valence-corrected chi connectivity index (χ3v) is 4.98. The van der Waals surface area contributed by atoms with Crippen LogP contribution in [0.5, 0.6) is 0 Å². The molecule has 21 heavy (non-hydrogen) atoms. The van der Waals surface area contributed by atoms with E-state index in [9.17, 15) is 5.26 Å². The van der Waals surface area contributed by atoms with Crippen LogP contribution in [0.1, 0.15) is 58.8 Å². The minimum Gasteiger partial charge on any atom is -0.377 e. The molecule has 1 heterocycles. The molecule has 0 aromatic heterocycles. The summed E-state index contributed by atoms with van der Waals surface area (Å²) in [4.78, 5) is 2.59. The van der Waals surface area contributed by atoms with Crippen LogP contribution in [0.2, 0.25) is 0 Å². The van der Waals surface area contributed by atoms with Crippen LogP contribution < -0.4 is 5.32 Å². The van der Waals surface area contributed by atoms with E-state index in [1.807, 2.05) is 0 Å². The van der Waals surface area contributed by atoms with Gasteiger partial charge in [-0.3, -0.25) is 10.2 Å². The Labute approximate surface area is 129 Å². The Bertz CT molecular complexity index is 352. The second kappa shape index (κ2) is 8.12. The maximum Gasteiger partial charge on any atom is 0.108 e. The lowest BCUT2D eigenvalue weighted by Crippen LogP contribution is -2.55. The van der Waals surface area contributed by atoms with Crippen LogP contribution in [0.15, 0.2) is 0 Å². The van der Waals surface area contributed by atoms with E-state index < -0.39 is 0 Å². The van der Waals surface area contributed by atoms with Gasteiger partial charge in [-0.1, -0.05) is 6.92 Å². The number of hydrogen-bond donors (Lipinski definition) is 1. The fourth-order valence-electron chi connectivity index (χ4n) is 3.89. The van der Waals surface area contributed by atoms with E-state index in [2.05, 4.69) is 30.1 Å². The number of ether oxygens (including phenoxy) is 1. The Morgan fingerprint density at radius 2 is 2.19 bits per heavy atom. The molecule has 1 aliphatic carbocycles. The maximum atomic E-state index is 9.66. The molecular weight excluding hydrogens is 262 g/mol. The molecule has 1 saturated carbocycles. The van der Waals surface area contributed by atoms with Gasteiger partial charge in [-0.2, -0.15) is 5.26 Å². The minimum absolute atomic E-state index is 0.294. The molecule has 1 aliphatic heterocycles. The first-order valence-electron chi connectivity index (χ1n) is 8.75. The normalized spacial score (nSPS) is 34.5. The highest BCUT2D eigenvalue weighted by Crippen LogP contribution is 2.32. The predicted octanol–water partition coefficient (Wildman–Crippen LogP) is 2.69. The third-order valence-electron chi connectivity index (χ3n) is 4.98. The molecule has 0 amide bonds. The summed E-state index contributed by atoms with van der Waals surface area (Å²) in [5.74, 6) is 0. The molecule has 0 aromatic rings. The van der Waals surface area contributed by atoms with Crippen LogP contribution >= 0.6 is 0 Å². The van der Waals surface area contributed by atoms with Gasteiger partial charge in [-0.25, -0.2) is 0 Å². The van der Waals surface area contributed by atoms with Crippen molar-refractivity contribution in [3.8, 4) is 6.07 Å². The van der Waals surface area contributed by atoms with Gasteiger partial charge in [0.05, 0.1) is 12.2 Å². The smallest absolute Gasteiger partial charge is 0.108 e. The van der Waals surface area contributed by atoms with Gasteiger partial charge in [-0.05, 0) is 65.0 Å². The Morgan fingerprint density at radius 3 is 2.90 bits per heavy atom. The van der Waals surface area contributed by atoms with Crippen LogP contribution in [0.3, 0.4) is 0 Å². The van der Waals surface area contributed by atoms with Gasteiger partial charge >= 0.3 is 0 Å². The average molecular weight is 293 g/mol. The summed E-state index contributed by atoms with van der Waals surface area (Å²) in [6, 6.07) is 3.14. The summed E-state index contributed by atoms with van der Waals surface area (Å²) in [5, 5.41) is 13.2. The Morgan fingerprint density at radius 1 is 1.33 bits per heavy atom. The molecule has 4 heteroatoms. The number of rotatable bonds is 6. The highest BCUT2D eigenvalue weighted by atomic mass is 16.5. The molecule has 120 valence electrons. The first-order valence-corrected chi connectivity index (χ1v) is 8.75. The van der Waals surface area contributed by atoms with Gasteiger partial charge in [0.1, 0.15) is 5.54 Å². The summed E-state index contributed by atoms with van der Waals surface area (Å²) in [6.07, 6.45) is 8.26. The number of nitrogens with one attached hydrogen (secondary N) is 1. The van der Waals surface area contributed by atoms with Gasteiger partial charge in [0.15, 0.2) is 0 Å². The summed E-state index contributed by atoms with van der Waals surface area (Å²) >= 11 is 0. The molecule has 1 saturated heterocycles. The second-order valence-electron chi connectivity index (χ2n) is 6.59. The molecule has 4 nitrogen and oxygen atoms in total. The lowest BCUT2D eigenvalue weighted by molar-refractivity contribution is -0.0169. The van der Waals surface area contributed by atoms with E-state index >= 15 is 0 Å². The molecule has 0 radical (unpaired) electrons. The highest BCUT2D eigenvalue weighted by molar-refractivity contribution is 5.11. The van der Waals surface area contributed by atoms with Crippen molar-refractivity contribution < 1.29 is 4.74 Å². The molecule has 2 aliphatic rings. The predicted molar refractivity (Wildman–Crippen MR) is 85.1 cm³/mol. The van der Waals surface area contributed by atoms with Crippen LogP contribution in [-0.2, 0) is 4.74 Å². The van der Waals surface area contributed by atoms with E-state index in [0.717, 1.165) is 45.4 Å². The first kappa shape index (κ1) is 16.7. The van der Waals surface area contributed by atoms with E-state index in [-0.39, 0.29) is 5.54 Å². The van der Waals surface area contributed by atoms with Crippen molar-refractivity contribution in [1.82, 2.24) is 10.2 Å². The van der Waals surface area contributed by atoms with Crippen LogP contribution in [0, 0.1) is 11.3 Å². The van der Waals surface area contributed by atoms with Gasteiger partial charge in [0, 0.05) is 19.2 Å². The summed E-state index contributed by atoms with van der Waals surface area (Å²) < 4.78 is 5.82. The van der Waals surface area contributed by atoms with E-state index in [4.69, 9.17) is 4.74 Å². The monoisotopic (exact) mass is 293 g/mol. The molecule has 2 rings (SSSR count). The molecule has 0 aromatic carbocycles. The van der Waals surface area contributed by atoms with Crippen LogP contribution in [0.4, 0.5) is 0 Å². The number of nitriles is 1. The van der Waals surface area contributed by atoms with E-state index in [1.54, 1.807) is 0 Å².